The van der Waals surface area contributed by atoms with Crippen molar-refractivity contribution < 1.29 is 9.59 Å². The Morgan fingerprint density at radius 3 is 2.45 bits per heavy atom. The molecule has 2 aliphatic rings. The van der Waals surface area contributed by atoms with E-state index < -0.39 is 0 Å². The van der Waals surface area contributed by atoms with Crippen LogP contribution in [0.25, 0.3) is 0 Å². The number of hydrogen-bond donors (Lipinski definition) is 1. The van der Waals surface area contributed by atoms with E-state index in [1.165, 1.54) is 24.8 Å². The molecule has 2 aliphatic heterocycles. The van der Waals surface area contributed by atoms with Crippen LogP contribution < -0.4 is 10.2 Å². The van der Waals surface area contributed by atoms with E-state index in [1.807, 2.05) is 35.2 Å². The number of rotatable bonds is 7. The Kier molecular flexibility index (Phi) is 7.65. The topological polar surface area (TPSA) is 52.7 Å². The van der Waals surface area contributed by atoms with Crippen LogP contribution in [0.3, 0.4) is 0 Å². The van der Waals surface area contributed by atoms with Gasteiger partial charge in [0.05, 0.1) is 5.69 Å². The van der Waals surface area contributed by atoms with Gasteiger partial charge in [0.1, 0.15) is 0 Å². The van der Waals surface area contributed by atoms with Crippen molar-refractivity contribution in [2.24, 2.45) is 0 Å². The lowest BCUT2D eigenvalue weighted by molar-refractivity contribution is -0.125. The molecule has 4 rings (SSSR count). The maximum absolute atomic E-state index is 12.7. The zero-order chi connectivity index (χ0) is 21.5. The molecule has 0 aliphatic carbocycles. The van der Waals surface area contributed by atoms with E-state index in [0.717, 1.165) is 41.5 Å². The summed E-state index contributed by atoms with van der Waals surface area (Å²) in [4.78, 5) is 30.7. The third kappa shape index (κ3) is 5.89. The lowest BCUT2D eigenvalue weighted by Crippen LogP contribution is -2.36. The first-order valence-electron chi connectivity index (χ1n) is 11.3. The summed E-state index contributed by atoms with van der Waals surface area (Å²) in [5.41, 5.74) is 3.41. The number of benzene rings is 2. The molecule has 0 bridgehead atoms. The third-order valence-corrected chi connectivity index (χ3v) is 7.08. The van der Waals surface area contributed by atoms with Crippen LogP contribution in [0, 0.1) is 0 Å². The van der Waals surface area contributed by atoms with Crippen molar-refractivity contribution >= 4 is 29.3 Å². The van der Waals surface area contributed by atoms with E-state index in [2.05, 4.69) is 28.4 Å². The van der Waals surface area contributed by atoms with Crippen molar-refractivity contribution in [2.45, 2.75) is 50.1 Å². The number of carbonyl (C=O) groups excluding carboxylic acids is 2. The number of thioether (sulfide) groups is 1. The second kappa shape index (κ2) is 10.8. The van der Waals surface area contributed by atoms with Crippen molar-refractivity contribution in [3.05, 3.63) is 59.7 Å². The molecule has 1 fully saturated rings. The minimum Gasteiger partial charge on any atom is -0.352 e. The van der Waals surface area contributed by atoms with Crippen molar-refractivity contribution in [3.8, 4) is 0 Å². The number of fused-ring (bicyclic) bond motifs is 1. The average molecular weight is 438 g/mol. The van der Waals surface area contributed by atoms with Gasteiger partial charge in [-0.1, -0.05) is 42.8 Å². The Hall–Kier alpha value is -2.31. The summed E-state index contributed by atoms with van der Waals surface area (Å²) in [6.07, 6.45) is 4.33. The zero-order valence-corrected chi connectivity index (χ0v) is 18.8. The van der Waals surface area contributed by atoms with Crippen molar-refractivity contribution in [3.63, 3.8) is 0 Å². The SMILES string of the molecule is O=C(CCC(=O)N1CCSc2ccccc21)NCc1ccccc1CN1CCCCC1. The first-order valence-corrected chi connectivity index (χ1v) is 12.3. The highest BCUT2D eigenvalue weighted by atomic mass is 32.2. The normalized spacial score (nSPS) is 16.6. The predicted octanol–water partition coefficient (Wildman–Crippen LogP) is 4.21. The molecule has 0 spiro atoms. The Morgan fingerprint density at radius 1 is 0.871 bits per heavy atom. The number of piperidine rings is 1. The van der Waals surface area contributed by atoms with Gasteiger partial charge in [0.25, 0.3) is 0 Å². The van der Waals surface area contributed by atoms with Gasteiger partial charge in [0.2, 0.25) is 11.8 Å². The molecule has 0 atom stereocenters. The molecular formula is C25H31N3O2S. The molecule has 0 aromatic heterocycles. The van der Waals surface area contributed by atoms with Crippen LogP contribution in [0.5, 0.6) is 0 Å². The Morgan fingerprint density at radius 2 is 1.61 bits per heavy atom. The van der Waals surface area contributed by atoms with Gasteiger partial charge in [-0.05, 0) is 49.2 Å². The number of nitrogens with zero attached hydrogens (tertiary/aromatic N) is 2. The highest BCUT2D eigenvalue weighted by molar-refractivity contribution is 7.99. The van der Waals surface area contributed by atoms with Crippen molar-refractivity contribution in [1.82, 2.24) is 10.2 Å². The number of likely N-dealkylation sites (tertiary alicyclic amines) is 1. The largest absolute Gasteiger partial charge is 0.352 e. The maximum Gasteiger partial charge on any atom is 0.227 e. The molecule has 2 heterocycles. The average Bonchev–Trinajstić information content (AvgIpc) is 2.82. The van der Waals surface area contributed by atoms with Gasteiger partial charge in [-0.2, -0.15) is 0 Å². The molecule has 5 nitrogen and oxygen atoms in total. The first kappa shape index (κ1) is 21.9. The fraction of sp³-hybridized carbons (Fsp3) is 0.440. The first-order chi connectivity index (χ1) is 15.2. The minimum atomic E-state index is -0.0687. The molecule has 2 aromatic rings. The van der Waals surface area contributed by atoms with Crippen molar-refractivity contribution in [2.75, 3.05) is 30.3 Å². The molecule has 164 valence electrons. The van der Waals surface area contributed by atoms with Crippen LogP contribution >= 0.6 is 11.8 Å². The van der Waals surface area contributed by atoms with E-state index >= 15 is 0 Å². The monoisotopic (exact) mass is 437 g/mol. The number of anilines is 1. The summed E-state index contributed by atoms with van der Waals surface area (Å²) in [5.74, 6) is 0.845. The molecule has 0 saturated carbocycles. The molecule has 31 heavy (non-hydrogen) atoms. The van der Waals surface area contributed by atoms with Gasteiger partial charge in [-0.15, -0.1) is 11.8 Å². The van der Waals surface area contributed by atoms with Crippen LogP contribution in [0.2, 0.25) is 0 Å². The third-order valence-electron chi connectivity index (χ3n) is 6.03. The van der Waals surface area contributed by atoms with E-state index in [0.29, 0.717) is 13.1 Å². The fourth-order valence-corrected chi connectivity index (χ4v) is 5.30. The minimum absolute atomic E-state index is 0.0217. The smallest absolute Gasteiger partial charge is 0.227 e. The van der Waals surface area contributed by atoms with E-state index in [9.17, 15) is 9.59 Å². The fourth-order valence-electron chi connectivity index (χ4n) is 4.31. The lowest BCUT2D eigenvalue weighted by Gasteiger charge is -2.29. The highest BCUT2D eigenvalue weighted by Crippen LogP contribution is 2.34. The van der Waals surface area contributed by atoms with Crippen LogP contribution in [0.15, 0.2) is 53.4 Å². The summed E-state index contributed by atoms with van der Waals surface area (Å²) in [6.45, 7) is 4.46. The molecule has 6 heteroatoms. The van der Waals surface area contributed by atoms with Crippen LogP contribution in [0.1, 0.15) is 43.2 Å². The van der Waals surface area contributed by atoms with Gasteiger partial charge in [-0.25, -0.2) is 0 Å². The number of para-hydroxylation sites is 1. The summed E-state index contributed by atoms with van der Waals surface area (Å²) < 4.78 is 0. The van der Waals surface area contributed by atoms with Gasteiger partial charge in [0, 0.05) is 43.1 Å². The number of carbonyl (C=O) groups is 2. The van der Waals surface area contributed by atoms with Gasteiger partial charge in [-0.3, -0.25) is 14.5 Å². The van der Waals surface area contributed by atoms with Crippen LogP contribution in [-0.4, -0.2) is 42.1 Å². The van der Waals surface area contributed by atoms with E-state index in [-0.39, 0.29) is 24.7 Å². The molecule has 1 N–H and O–H groups in total. The van der Waals surface area contributed by atoms with Crippen LogP contribution in [-0.2, 0) is 22.7 Å². The molecule has 2 aromatic carbocycles. The Balaban J connectivity index is 1.27. The Labute approximate surface area is 189 Å². The standard InChI is InChI=1S/C25H31N3O2S/c29-24(12-13-25(30)28-16-17-31-23-11-5-4-10-22(23)28)26-18-20-8-2-3-9-21(20)19-27-14-6-1-7-15-27/h2-5,8-11H,1,6-7,12-19H2,(H,26,29). The molecular weight excluding hydrogens is 406 g/mol. The molecule has 0 unspecified atom stereocenters. The maximum atomic E-state index is 12.7. The second-order valence-corrected chi connectivity index (χ2v) is 9.38. The summed E-state index contributed by atoms with van der Waals surface area (Å²) in [7, 11) is 0. The highest BCUT2D eigenvalue weighted by Gasteiger charge is 2.23. The lowest BCUT2D eigenvalue weighted by atomic mass is 10.0. The van der Waals surface area contributed by atoms with Crippen molar-refractivity contribution in [1.29, 1.82) is 0 Å². The van der Waals surface area contributed by atoms with Gasteiger partial charge < -0.3 is 10.2 Å². The van der Waals surface area contributed by atoms with E-state index in [4.69, 9.17) is 0 Å². The molecule has 1 saturated heterocycles. The molecule has 2 amide bonds. The zero-order valence-electron chi connectivity index (χ0n) is 18.0. The number of hydrogen-bond acceptors (Lipinski definition) is 4. The second-order valence-electron chi connectivity index (χ2n) is 8.24. The number of nitrogens with one attached hydrogen (secondary N) is 1. The summed E-state index contributed by atoms with van der Waals surface area (Å²) in [5, 5.41) is 3.02. The quantitative estimate of drug-likeness (QED) is 0.705. The molecule has 0 radical (unpaired) electrons. The summed E-state index contributed by atoms with van der Waals surface area (Å²) >= 11 is 1.78. The Bertz CT molecular complexity index is 911. The van der Waals surface area contributed by atoms with E-state index in [1.54, 1.807) is 11.8 Å². The summed E-state index contributed by atoms with van der Waals surface area (Å²) in [6, 6.07) is 16.3. The number of amides is 2. The van der Waals surface area contributed by atoms with Gasteiger partial charge in [0.15, 0.2) is 0 Å². The van der Waals surface area contributed by atoms with Crippen LogP contribution in [0.4, 0.5) is 5.69 Å². The van der Waals surface area contributed by atoms with Gasteiger partial charge >= 0.3 is 0 Å². The predicted molar refractivity (Wildman–Crippen MR) is 126 cm³/mol.